The molecule has 1 atom stereocenters. The minimum absolute atomic E-state index is 0.222. The fraction of sp³-hybridized carbons (Fsp3) is 0.143. The smallest absolute Gasteiger partial charge is 0.163 e. The molecular formula is C21H18O6. The van der Waals surface area contributed by atoms with Crippen molar-refractivity contribution in [3.63, 3.8) is 0 Å². The Morgan fingerprint density at radius 2 is 1.33 bits per heavy atom. The van der Waals surface area contributed by atoms with Crippen molar-refractivity contribution < 1.29 is 30.3 Å². The number of rotatable bonds is 2. The molecular weight excluding hydrogens is 348 g/mol. The highest BCUT2D eigenvalue weighted by atomic mass is 16.5. The Morgan fingerprint density at radius 1 is 0.704 bits per heavy atom. The first-order chi connectivity index (χ1) is 12.9. The Morgan fingerprint density at radius 3 is 2.07 bits per heavy atom. The van der Waals surface area contributed by atoms with Gasteiger partial charge in [0, 0.05) is 29.7 Å². The molecule has 1 heterocycles. The Kier molecular flexibility index (Phi) is 3.77. The number of hydrogen-bond donors (Lipinski definition) is 5. The predicted octanol–water partition coefficient (Wildman–Crippen LogP) is 3.48. The molecule has 1 unspecified atom stereocenters. The van der Waals surface area contributed by atoms with E-state index < -0.39 is 11.4 Å². The first-order valence-electron chi connectivity index (χ1n) is 8.45. The highest BCUT2D eigenvalue weighted by Crippen LogP contribution is 2.50. The van der Waals surface area contributed by atoms with Crippen molar-refractivity contribution in [2.75, 3.05) is 0 Å². The van der Waals surface area contributed by atoms with Crippen LogP contribution in [0.4, 0.5) is 0 Å². The number of hydrogen-bond acceptors (Lipinski definition) is 6. The Balaban J connectivity index is 1.94. The lowest BCUT2D eigenvalue weighted by atomic mass is 9.79. The molecule has 0 spiro atoms. The minimum atomic E-state index is -1.15. The van der Waals surface area contributed by atoms with Gasteiger partial charge in [-0.15, -0.1) is 0 Å². The summed E-state index contributed by atoms with van der Waals surface area (Å²) in [4.78, 5) is 0. The van der Waals surface area contributed by atoms with E-state index in [-0.39, 0.29) is 23.0 Å². The molecule has 138 valence electrons. The summed E-state index contributed by atoms with van der Waals surface area (Å²) < 4.78 is 6.28. The molecule has 0 radical (unpaired) electrons. The maximum atomic E-state index is 10.5. The van der Waals surface area contributed by atoms with Gasteiger partial charge in [-0.1, -0.05) is 30.3 Å². The lowest BCUT2D eigenvalue weighted by Crippen LogP contribution is -2.38. The molecule has 0 fully saturated rings. The molecule has 5 N–H and O–H groups in total. The first-order valence-corrected chi connectivity index (χ1v) is 8.45. The number of aromatic hydroxyl groups is 5. The molecule has 0 aromatic heterocycles. The van der Waals surface area contributed by atoms with Crippen LogP contribution in [0.1, 0.15) is 23.1 Å². The highest BCUT2D eigenvalue weighted by molar-refractivity contribution is 5.57. The van der Waals surface area contributed by atoms with E-state index in [1.165, 1.54) is 18.2 Å². The summed E-state index contributed by atoms with van der Waals surface area (Å²) >= 11 is 0. The molecule has 0 saturated carbocycles. The molecule has 0 bridgehead atoms. The van der Waals surface area contributed by atoms with Crippen LogP contribution in [0.5, 0.6) is 34.5 Å². The van der Waals surface area contributed by atoms with E-state index in [9.17, 15) is 25.5 Å². The van der Waals surface area contributed by atoms with Gasteiger partial charge in [-0.3, -0.25) is 0 Å². The summed E-state index contributed by atoms with van der Waals surface area (Å²) in [5, 5.41) is 49.8. The van der Waals surface area contributed by atoms with E-state index in [4.69, 9.17) is 4.74 Å². The van der Waals surface area contributed by atoms with Crippen LogP contribution in [0.15, 0.2) is 54.6 Å². The highest BCUT2D eigenvalue weighted by Gasteiger charge is 2.42. The van der Waals surface area contributed by atoms with Gasteiger partial charge < -0.3 is 30.3 Å². The number of fused-ring (bicyclic) bond motifs is 1. The van der Waals surface area contributed by atoms with Crippen molar-refractivity contribution in [2.45, 2.75) is 18.4 Å². The van der Waals surface area contributed by atoms with Crippen LogP contribution in [0.2, 0.25) is 0 Å². The summed E-state index contributed by atoms with van der Waals surface area (Å²) in [7, 11) is 0. The van der Waals surface area contributed by atoms with Crippen molar-refractivity contribution >= 4 is 0 Å². The second-order valence-electron chi connectivity index (χ2n) is 6.60. The van der Waals surface area contributed by atoms with Crippen LogP contribution >= 0.6 is 0 Å². The minimum Gasteiger partial charge on any atom is -0.507 e. The number of phenols is 5. The molecule has 1 aliphatic heterocycles. The van der Waals surface area contributed by atoms with E-state index >= 15 is 0 Å². The van der Waals surface area contributed by atoms with Crippen LogP contribution in [-0.4, -0.2) is 25.5 Å². The van der Waals surface area contributed by atoms with Crippen molar-refractivity contribution in [3.8, 4) is 34.5 Å². The van der Waals surface area contributed by atoms with Gasteiger partial charge in [-0.25, -0.2) is 0 Å². The van der Waals surface area contributed by atoms with Crippen LogP contribution < -0.4 is 4.74 Å². The summed E-state index contributed by atoms with van der Waals surface area (Å²) in [6, 6.07) is 14.3. The molecule has 0 aliphatic carbocycles. The zero-order valence-corrected chi connectivity index (χ0v) is 14.3. The molecule has 27 heavy (non-hydrogen) atoms. The predicted molar refractivity (Wildman–Crippen MR) is 97.4 cm³/mol. The Labute approximate surface area is 155 Å². The van der Waals surface area contributed by atoms with Crippen molar-refractivity contribution in [1.29, 1.82) is 0 Å². The molecule has 3 aromatic carbocycles. The van der Waals surface area contributed by atoms with Crippen LogP contribution in [0.25, 0.3) is 0 Å². The number of phenolic OH excluding ortho intramolecular Hbond substituents is 5. The van der Waals surface area contributed by atoms with Gasteiger partial charge in [0.1, 0.15) is 11.5 Å². The topological polar surface area (TPSA) is 110 Å². The monoisotopic (exact) mass is 366 g/mol. The summed E-state index contributed by atoms with van der Waals surface area (Å²) in [5.41, 5.74) is 0.609. The van der Waals surface area contributed by atoms with E-state index in [2.05, 4.69) is 0 Å². The Bertz CT molecular complexity index is 1010. The third-order valence-electron chi connectivity index (χ3n) is 4.96. The lowest BCUT2D eigenvalue weighted by molar-refractivity contribution is 0.0813. The van der Waals surface area contributed by atoms with E-state index in [0.29, 0.717) is 24.2 Å². The molecule has 6 heteroatoms. The molecule has 0 amide bonds. The van der Waals surface area contributed by atoms with Crippen molar-refractivity contribution in [3.05, 3.63) is 71.3 Å². The summed E-state index contributed by atoms with van der Waals surface area (Å²) in [6.07, 6.45) is 0.908. The van der Waals surface area contributed by atoms with Crippen LogP contribution in [0.3, 0.4) is 0 Å². The first kappa shape index (κ1) is 16.9. The van der Waals surface area contributed by atoms with Gasteiger partial charge in [-0.05, 0) is 24.1 Å². The van der Waals surface area contributed by atoms with Gasteiger partial charge in [0.2, 0.25) is 0 Å². The van der Waals surface area contributed by atoms with Gasteiger partial charge in [0.25, 0.3) is 0 Å². The molecule has 6 nitrogen and oxygen atoms in total. The average molecular weight is 366 g/mol. The molecule has 1 aliphatic rings. The normalized spacial score (nSPS) is 18.5. The Hall–Kier alpha value is -3.54. The number of aryl methyl sites for hydroxylation is 1. The fourth-order valence-corrected chi connectivity index (χ4v) is 3.59. The van der Waals surface area contributed by atoms with Gasteiger partial charge in [-0.2, -0.15) is 0 Å². The largest absolute Gasteiger partial charge is 0.507 e. The summed E-state index contributed by atoms with van der Waals surface area (Å²) in [6.45, 7) is 0. The third kappa shape index (κ3) is 2.66. The standard InChI is InChI=1S/C21H18O6/c22-15-10-18(25)17(24)9-14(15)21(13-4-2-1-3-5-13)7-6-12-8-16(23)19(26)11-20(12)27-21/h1-5,8-11,22-26H,6-7H2. The van der Waals surface area contributed by atoms with Crippen molar-refractivity contribution in [1.82, 2.24) is 0 Å². The second-order valence-corrected chi connectivity index (χ2v) is 6.60. The van der Waals surface area contributed by atoms with Crippen LogP contribution in [0, 0.1) is 0 Å². The number of benzene rings is 3. The van der Waals surface area contributed by atoms with Gasteiger partial charge in [0.05, 0.1) is 0 Å². The van der Waals surface area contributed by atoms with Gasteiger partial charge >= 0.3 is 0 Å². The quantitative estimate of drug-likeness (QED) is 0.351. The van der Waals surface area contributed by atoms with Crippen molar-refractivity contribution in [2.24, 2.45) is 0 Å². The molecule has 3 aromatic rings. The maximum Gasteiger partial charge on any atom is 0.163 e. The average Bonchev–Trinajstić information content (AvgIpc) is 2.66. The zero-order valence-electron chi connectivity index (χ0n) is 14.3. The zero-order chi connectivity index (χ0) is 19.2. The van der Waals surface area contributed by atoms with E-state index in [0.717, 1.165) is 17.2 Å². The molecule has 4 rings (SSSR count). The van der Waals surface area contributed by atoms with E-state index in [1.54, 1.807) is 0 Å². The van der Waals surface area contributed by atoms with E-state index in [1.807, 2.05) is 30.3 Å². The fourth-order valence-electron chi connectivity index (χ4n) is 3.59. The van der Waals surface area contributed by atoms with Gasteiger partial charge in [0.15, 0.2) is 28.6 Å². The summed E-state index contributed by atoms with van der Waals surface area (Å²) in [5.74, 6) is -1.20. The third-order valence-corrected chi connectivity index (χ3v) is 4.96. The maximum absolute atomic E-state index is 10.5. The SMILES string of the molecule is Oc1cc(O)c(C2(c3ccccc3)CCc3cc(O)c(O)cc3O2)cc1O. The number of ether oxygens (including phenoxy) is 1. The lowest BCUT2D eigenvalue weighted by Gasteiger charge is -2.40. The van der Waals surface area contributed by atoms with Crippen LogP contribution in [-0.2, 0) is 12.0 Å². The second kappa shape index (κ2) is 6.02. The molecule has 0 saturated heterocycles.